The van der Waals surface area contributed by atoms with Crippen molar-refractivity contribution in [2.45, 2.75) is 12.6 Å². The lowest BCUT2D eigenvalue weighted by atomic mass is 10.1. The van der Waals surface area contributed by atoms with Crippen molar-refractivity contribution in [3.63, 3.8) is 0 Å². The van der Waals surface area contributed by atoms with Gasteiger partial charge in [0.2, 0.25) is 0 Å². The van der Waals surface area contributed by atoms with Gasteiger partial charge in [0.1, 0.15) is 0 Å². The fraction of sp³-hybridized carbons (Fsp3) is 0.300. The van der Waals surface area contributed by atoms with E-state index < -0.39 is 11.7 Å². The number of ketones is 1. The number of carbonyl (C=O) groups is 1. The van der Waals surface area contributed by atoms with Crippen molar-refractivity contribution >= 4 is 33.3 Å². The molecule has 6 heteroatoms. The Hall–Kier alpha value is -0.550. The molecule has 1 aromatic carbocycles. The second kappa shape index (κ2) is 5.19. The van der Waals surface area contributed by atoms with Gasteiger partial charge in [-0.15, -0.1) is 0 Å². The van der Waals surface area contributed by atoms with Crippen LogP contribution in [0.3, 0.4) is 0 Å². The van der Waals surface area contributed by atoms with Gasteiger partial charge in [-0.25, -0.2) is 0 Å². The number of halogens is 5. The molecule has 0 aliphatic carbocycles. The molecule has 0 saturated heterocycles. The molecule has 1 rings (SSSR count). The van der Waals surface area contributed by atoms with E-state index in [-0.39, 0.29) is 22.8 Å². The van der Waals surface area contributed by atoms with E-state index in [1.807, 2.05) is 0 Å². The highest BCUT2D eigenvalue weighted by atomic mass is 79.9. The highest BCUT2D eigenvalue weighted by molar-refractivity contribution is 9.09. The standard InChI is InChI=1S/C10H7BrClF3O/c11-4-3-9(16)7-2-1-6(5-8(7)12)10(13,14)15/h1-2,5H,3-4H2. The fourth-order valence-corrected chi connectivity index (χ4v) is 1.78. The Morgan fingerprint density at radius 1 is 1.38 bits per heavy atom. The van der Waals surface area contributed by atoms with Crippen LogP contribution >= 0.6 is 27.5 Å². The van der Waals surface area contributed by atoms with Crippen molar-refractivity contribution < 1.29 is 18.0 Å². The SMILES string of the molecule is O=C(CCBr)c1ccc(C(F)(F)F)cc1Cl. The zero-order valence-corrected chi connectivity index (χ0v) is 10.3. The number of Topliss-reactive ketones (excluding diaryl/α,β-unsaturated/α-hetero) is 1. The average Bonchev–Trinajstić information content (AvgIpc) is 2.16. The van der Waals surface area contributed by atoms with Gasteiger partial charge in [-0.2, -0.15) is 13.2 Å². The van der Waals surface area contributed by atoms with Crippen LogP contribution in [0.5, 0.6) is 0 Å². The monoisotopic (exact) mass is 314 g/mol. The highest BCUT2D eigenvalue weighted by Crippen LogP contribution is 2.32. The Bertz CT molecular complexity index is 404. The van der Waals surface area contributed by atoms with Gasteiger partial charge >= 0.3 is 6.18 Å². The molecule has 0 aromatic heterocycles. The van der Waals surface area contributed by atoms with E-state index in [0.29, 0.717) is 5.33 Å². The Morgan fingerprint density at radius 3 is 2.44 bits per heavy atom. The lowest BCUT2D eigenvalue weighted by Crippen LogP contribution is -2.07. The van der Waals surface area contributed by atoms with Gasteiger partial charge in [-0.3, -0.25) is 4.79 Å². The lowest BCUT2D eigenvalue weighted by Gasteiger charge is -2.08. The molecule has 0 spiro atoms. The summed E-state index contributed by atoms with van der Waals surface area (Å²) >= 11 is 8.70. The largest absolute Gasteiger partial charge is 0.416 e. The maximum Gasteiger partial charge on any atom is 0.416 e. The number of hydrogen-bond acceptors (Lipinski definition) is 1. The van der Waals surface area contributed by atoms with Crippen molar-refractivity contribution in [1.29, 1.82) is 0 Å². The minimum atomic E-state index is -4.44. The average molecular weight is 316 g/mol. The first-order valence-electron chi connectivity index (χ1n) is 4.32. The number of carbonyl (C=O) groups excluding carboxylic acids is 1. The lowest BCUT2D eigenvalue weighted by molar-refractivity contribution is -0.137. The second-order valence-electron chi connectivity index (χ2n) is 3.05. The van der Waals surface area contributed by atoms with Gasteiger partial charge in [-0.1, -0.05) is 27.5 Å². The van der Waals surface area contributed by atoms with Gasteiger partial charge < -0.3 is 0 Å². The van der Waals surface area contributed by atoms with Crippen molar-refractivity contribution in [3.8, 4) is 0 Å². The molecule has 0 aliphatic heterocycles. The van der Waals surface area contributed by atoms with E-state index >= 15 is 0 Å². The number of benzene rings is 1. The summed E-state index contributed by atoms with van der Waals surface area (Å²) in [5.74, 6) is -0.282. The molecular formula is C10H7BrClF3O. The normalized spacial score (nSPS) is 11.6. The van der Waals surface area contributed by atoms with Crippen molar-refractivity contribution in [1.82, 2.24) is 0 Å². The molecule has 0 radical (unpaired) electrons. The fourth-order valence-electron chi connectivity index (χ4n) is 1.14. The molecule has 16 heavy (non-hydrogen) atoms. The number of alkyl halides is 4. The maximum atomic E-state index is 12.3. The third kappa shape index (κ3) is 3.22. The van der Waals surface area contributed by atoms with Crippen LogP contribution in [0, 0.1) is 0 Å². The smallest absolute Gasteiger partial charge is 0.294 e. The third-order valence-corrected chi connectivity index (χ3v) is 2.63. The van der Waals surface area contributed by atoms with E-state index in [0.717, 1.165) is 18.2 Å². The first-order chi connectivity index (χ1) is 7.36. The van der Waals surface area contributed by atoms with Crippen LogP contribution in [-0.2, 0) is 6.18 Å². The summed E-state index contributed by atoms with van der Waals surface area (Å²) in [5.41, 5.74) is -0.734. The van der Waals surface area contributed by atoms with Gasteiger partial charge in [0.15, 0.2) is 5.78 Å². The minimum absolute atomic E-state index is 0.120. The predicted octanol–water partition coefficient (Wildman–Crippen LogP) is 4.33. The summed E-state index contributed by atoms with van der Waals surface area (Å²) in [4.78, 5) is 11.4. The van der Waals surface area contributed by atoms with Crippen molar-refractivity contribution in [3.05, 3.63) is 34.3 Å². The van der Waals surface area contributed by atoms with Gasteiger partial charge in [-0.05, 0) is 18.2 Å². The predicted molar refractivity (Wildman–Crippen MR) is 59.2 cm³/mol. The topological polar surface area (TPSA) is 17.1 Å². The summed E-state index contributed by atoms with van der Waals surface area (Å²) in [7, 11) is 0. The first kappa shape index (κ1) is 13.5. The Kier molecular flexibility index (Phi) is 4.38. The number of hydrogen-bond donors (Lipinski definition) is 0. The molecule has 0 heterocycles. The molecule has 0 fully saturated rings. The molecular weight excluding hydrogens is 308 g/mol. The van der Waals surface area contributed by atoms with E-state index in [4.69, 9.17) is 11.6 Å². The third-order valence-electron chi connectivity index (χ3n) is 1.92. The first-order valence-corrected chi connectivity index (χ1v) is 5.82. The molecule has 0 atom stereocenters. The van der Waals surface area contributed by atoms with Crippen LogP contribution in [0.15, 0.2) is 18.2 Å². The Balaban J connectivity index is 3.05. The molecule has 1 aromatic rings. The molecule has 1 nitrogen and oxygen atoms in total. The maximum absolute atomic E-state index is 12.3. The summed E-state index contributed by atoms with van der Waals surface area (Å²) < 4.78 is 36.9. The van der Waals surface area contributed by atoms with Crippen LogP contribution in [0.1, 0.15) is 22.3 Å². The van der Waals surface area contributed by atoms with Crippen molar-refractivity contribution in [2.24, 2.45) is 0 Å². The van der Waals surface area contributed by atoms with Gasteiger partial charge in [0.05, 0.1) is 10.6 Å². The zero-order valence-electron chi connectivity index (χ0n) is 7.94. The number of rotatable bonds is 3. The molecule has 0 amide bonds. The quantitative estimate of drug-likeness (QED) is 0.599. The van der Waals surface area contributed by atoms with Crippen molar-refractivity contribution in [2.75, 3.05) is 5.33 Å². The minimum Gasteiger partial charge on any atom is -0.294 e. The van der Waals surface area contributed by atoms with E-state index in [1.54, 1.807) is 0 Å². The zero-order chi connectivity index (χ0) is 12.3. The summed E-state index contributed by atoms with van der Waals surface area (Å²) in [6.45, 7) is 0. The molecule has 0 N–H and O–H groups in total. The molecule has 88 valence electrons. The second-order valence-corrected chi connectivity index (χ2v) is 4.25. The summed E-state index contributed by atoms with van der Waals surface area (Å²) in [5, 5.41) is 0.282. The Labute approximate surface area is 104 Å². The molecule has 0 saturated carbocycles. The molecule has 0 unspecified atom stereocenters. The van der Waals surface area contributed by atoms with Gasteiger partial charge in [0.25, 0.3) is 0 Å². The van der Waals surface area contributed by atoms with E-state index in [9.17, 15) is 18.0 Å². The molecule has 0 bridgehead atoms. The summed E-state index contributed by atoms with van der Waals surface area (Å²) in [6, 6.07) is 2.73. The van der Waals surface area contributed by atoms with E-state index in [1.165, 1.54) is 0 Å². The van der Waals surface area contributed by atoms with Crippen LogP contribution < -0.4 is 0 Å². The van der Waals surface area contributed by atoms with E-state index in [2.05, 4.69) is 15.9 Å². The summed E-state index contributed by atoms with van der Waals surface area (Å²) in [6.07, 6.45) is -4.24. The van der Waals surface area contributed by atoms with Crippen LogP contribution in [0.2, 0.25) is 5.02 Å². The molecule has 0 aliphatic rings. The highest BCUT2D eigenvalue weighted by Gasteiger charge is 2.31. The van der Waals surface area contributed by atoms with Crippen LogP contribution in [-0.4, -0.2) is 11.1 Å². The Morgan fingerprint density at radius 2 is 2.00 bits per heavy atom. The van der Waals surface area contributed by atoms with Crippen LogP contribution in [0.4, 0.5) is 13.2 Å². The van der Waals surface area contributed by atoms with Gasteiger partial charge in [0, 0.05) is 17.3 Å². The van der Waals surface area contributed by atoms with Crippen LogP contribution in [0.25, 0.3) is 0 Å².